The first-order valence-electron chi connectivity index (χ1n) is 20.1. The quantitative estimate of drug-likeness (QED) is 0.147. The molecule has 0 spiro atoms. The topological polar surface area (TPSA) is 3.24 Å². The zero-order chi connectivity index (χ0) is 38.5. The van der Waals surface area contributed by atoms with Gasteiger partial charge in [0.05, 0.1) is 11.1 Å². The molecule has 0 N–H and O–H groups in total. The lowest BCUT2D eigenvalue weighted by Crippen LogP contribution is -2.28. The normalized spacial score (nSPS) is 12.6. The highest BCUT2D eigenvalue weighted by Crippen LogP contribution is 2.57. The number of hydrogen-bond acceptors (Lipinski definition) is 1. The van der Waals surface area contributed by atoms with Gasteiger partial charge in [0, 0.05) is 16.8 Å². The standard InChI is InChI=1S/C57H39N/c1-4-17-40(18-5-1)42-20-16-21-43(37-42)41-31-33-47(34-32-41)58(56-38-44-19-10-11-26-49(44)50-27-12-13-29-53(50)56)48-35-36-52-51-28-14-15-30-54(51)57(55(52)39-48,45-22-6-2-7-23-45)46-24-8-3-9-25-46/h1-39H. The van der Waals surface area contributed by atoms with Gasteiger partial charge in [-0.3, -0.25) is 0 Å². The molecule has 11 rings (SSSR count). The summed E-state index contributed by atoms with van der Waals surface area (Å²) in [5.74, 6) is 0. The summed E-state index contributed by atoms with van der Waals surface area (Å²) in [7, 11) is 0. The minimum absolute atomic E-state index is 0.505. The van der Waals surface area contributed by atoms with E-state index in [1.54, 1.807) is 0 Å². The Bertz CT molecular complexity index is 3050. The lowest BCUT2D eigenvalue weighted by atomic mass is 9.67. The molecule has 0 aromatic heterocycles. The van der Waals surface area contributed by atoms with Gasteiger partial charge in [-0.05, 0) is 108 Å². The van der Waals surface area contributed by atoms with E-state index in [9.17, 15) is 0 Å². The Kier molecular flexibility index (Phi) is 8.12. The zero-order valence-corrected chi connectivity index (χ0v) is 32.0. The average Bonchev–Trinajstić information content (AvgIpc) is 3.61. The Morgan fingerprint density at radius 3 is 1.52 bits per heavy atom. The van der Waals surface area contributed by atoms with Crippen LogP contribution < -0.4 is 4.90 Å². The molecule has 0 bridgehead atoms. The van der Waals surface area contributed by atoms with Crippen LogP contribution in [-0.4, -0.2) is 0 Å². The Labute approximate surface area is 339 Å². The summed E-state index contributed by atoms with van der Waals surface area (Å²) in [5.41, 5.74) is 15.3. The van der Waals surface area contributed by atoms with Crippen molar-refractivity contribution in [1.82, 2.24) is 0 Å². The van der Waals surface area contributed by atoms with Gasteiger partial charge in [-0.1, -0.05) is 200 Å². The maximum atomic E-state index is 2.48. The highest BCUT2D eigenvalue weighted by Gasteiger charge is 2.46. The van der Waals surface area contributed by atoms with Crippen LogP contribution in [0.2, 0.25) is 0 Å². The molecule has 0 radical (unpaired) electrons. The molecule has 1 nitrogen and oxygen atoms in total. The molecule has 1 aliphatic carbocycles. The van der Waals surface area contributed by atoms with Crippen molar-refractivity contribution in [3.05, 3.63) is 259 Å². The van der Waals surface area contributed by atoms with Gasteiger partial charge in [0.2, 0.25) is 0 Å². The molecule has 10 aromatic carbocycles. The van der Waals surface area contributed by atoms with E-state index >= 15 is 0 Å². The molecule has 0 unspecified atom stereocenters. The maximum absolute atomic E-state index is 2.48. The smallest absolute Gasteiger partial charge is 0.0714 e. The van der Waals surface area contributed by atoms with Crippen LogP contribution in [0.1, 0.15) is 22.3 Å². The van der Waals surface area contributed by atoms with E-state index in [1.807, 2.05) is 0 Å². The third-order valence-electron chi connectivity index (χ3n) is 12.1. The minimum atomic E-state index is -0.505. The molecule has 58 heavy (non-hydrogen) atoms. The van der Waals surface area contributed by atoms with E-state index in [2.05, 4.69) is 241 Å². The fourth-order valence-electron chi connectivity index (χ4n) is 9.53. The molecule has 1 aliphatic rings. The minimum Gasteiger partial charge on any atom is -0.310 e. The van der Waals surface area contributed by atoms with Crippen LogP contribution >= 0.6 is 0 Å². The van der Waals surface area contributed by atoms with Gasteiger partial charge in [-0.15, -0.1) is 0 Å². The van der Waals surface area contributed by atoms with Crippen LogP contribution in [0.3, 0.4) is 0 Å². The van der Waals surface area contributed by atoms with Crippen molar-refractivity contribution in [2.75, 3.05) is 4.90 Å². The van der Waals surface area contributed by atoms with Crippen molar-refractivity contribution in [3.8, 4) is 33.4 Å². The highest BCUT2D eigenvalue weighted by molar-refractivity contribution is 6.14. The summed E-state index contributed by atoms with van der Waals surface area (Å²) in [6.07, 6.45) is 0. The summed E-state index contributed by atoms with van der Waals surface area (Å²) in [6, 6.07) is 86.9. The number of hydrogen-bond donors (Lipinski definition) is 0. The van der Waals surface area contributed by atoms with Crippen LogP contribution in [0.4, 0.5) is 17.1 Å². The Hall–Kier alpha value is -7.48. The number of rotatable bonds is 7. The van der Waals surface area contributed by atoms with Gasteiger partial charge in [0.15, 0.2) is 0 Å². The summed E-state index contributed by atoms with van der Waals surface area (Å²) in [5, 5.41) is 4.92. The zero-order valence-electron chi connectivity index (χ0n) is 32.0. The van der Waals surface area contributed by atoms with Crippen molar-refractivity contribution in [1.29, 1.82) is 0 Å². The highest BCUT2D eigenvalue weighted by atomic mass is 15.1. The third-order valence-corrected chi connectivity index (χ3v) is 12.1. The number of anilines is 3. The molecule has 0 aliphatic heterocycles. The largest absolute Gasteiger partial charge is 0.310 e. The molecular weight excluding hydrogens is 699 g/mol. The van der Waals surface area contributed by atoms with Crippen LogP contribution in [0, 0.1) is 0 Å². The molecule has 272 valence electrons. The fourth-order valence-corrected chi connectivity index (χ4v) is 9.53. The van der Waals surface area contributed by atoms with Gasteiger partial charge >= 0.3 is 0 Å². The first-order valence-corrected chi connectivity index (χ1v) is 20.1. The van der Waals surface area contributed by atoms with E-state index in [0.29, 0.717) is 0 Å². The molecule has 0 saturated heterocycles. The molecule has 0 amide bonds. The van der Waals surface area contributed by atoms with Crippen molar-refractivity contribution >= 4 is 38.6 Å². The Morgan fingerprint density at radius 1 is 0.293 bits per heavy atom. The Balaban J connectivity index is 1.15. The van der Waals surface area contributed by atoms with E-state index in [4.69, 9.17) is 0 Å². The number of nitrogens with zero attached hydrogens (tertiary/aromatic N) is 1. The lowest BCUT2D eigenvalue weighted by Gasteiger charge is -2.35. The van der Waals surface area contributed by atoms with Crippen LogP contribution in [0.25, 0.3) is 54.9 Å². The maximum Gasteiger partial charge on any atom is 0.0714 e. The average molecular weight is 738 g/mol. The third kappa shape index (κ3) is 5.39. The SMILES string of the molecule is c1ccc(-c2cccc(-c3ccc(N(c4ccc5c(c4)C(c4ccccc4)(c4ccccc4)c4ccccc4-5)c4cc5ccccc5c5ccccc45)cc3)c2)cc1. The summed E-state index contributed by atoms with van der Waals surface area (Å²) in [4.78, 5) is 2.48. The Morgan fingerprint density at radius 2 is 0.810 bits per heavy atom. The summed E-state index contributed by atoms with van der Waals surface area (Å²) < 4.78 is 0. The molecule has 10 aromatic rings. The predicted octanol–water partition coefficient (Wildman–Crippen LogP) is 15.2. The first kappa shape index (κ1) is 33.8. The van der Waals surface area contributed by atoms with Gasteiger partial charge in [0.1, 0.15) is 0 Å². The van der Waals surface area contributed by atoms with Gasteiger partial charge < -0.3 is 4.90 Å². The van der Waals surface area contributed by atoms with Crippen LogP contribution in [-0.2, 0) is 5.41 Å². The summed E-state index contributed by atoms with van der Waals surface area (Å²) in [6.45, 7) is 0. The van der Waals surface area contributed by atoms with Crippen LogP contribution in [0.15, 0.2) is 237 Å². The number of fused-ring (bicyclic) bond motifs is 6. The van der Waals surface area contributed by atoms with Crippen LogP contribution in [0.5, 0.6) is 0 Å². The van der Waals surface area contributed by atoms with Crippen molar-refractivity contribution in [2.45, 2.75) is 5.41 Å². The molecule has 0 fully saturated rings. The van der Waals surface area contributed by atoms with Gasteiger partial charge in [0.25, 0.3) is 0 Å². The second-order valence-electron chi connectivity index (χ2n) is 15.2. The lowest BCUT2D eigenvalue weighted by molar-refractivity contribution is 0.768. The van der Waals surface area contributed by atoms with Crippen molar-refractivity contribution < 1.29 is 0 Å². The van der Waals surface area contributed by atoms with Gasteiger partial charge in [-0.25, -0.2) is 0 Å². The second kappa shape index (κ2) is 13.9. The van der Waals surface area contributed by atoms with E-state index in [1.165, 1.54) is 77.2 Å². The monoisotopic (exact) mass is 737 g/mol. The molecule has 0 atom stereocenters. The fraction of sp³-hybridized carbons (Fsp3) is 0.0175. The number of benzene rings is 10. The van der Waals surface area contributed by atoms with Crippen molar-refractivity contribution in [2.24, 2.45) is 0 Å². The molecule has 1 heteroatoms. The van der Waals surface area contributed by atoms with E-state index in [0.717, 1.165) is 17.1 Å². The summed E-state index contributed by atoms with van der Waals surface area (Å²) >= 11 is 0. The molecule has 0 saturated carbocycles. The van der Waals surface area contributed by atoms with E-state index in [-0.39, 0.29) is 0 Å². The van der Waals surface area contributed by atoms with Crippen molar-refractivity contribution in [3.63, 3.8) is 0 Å². The second-order valence-corrected chi connectivity index (χ2v) is 15.2. The first-order chi connectivity index (χ1) is 28.8. The predicted molar refractivity (Wildman–Crippen MR) is 244 cm³/mol. The molecule has 0 heterocycles. The molecular formula is C57H39N. The van der Waals surface area contributed by atoms with Gasteiger partial charge in [-0.2, -0.15) is 0 Å². The van der Waals surface area contributed by atoms with E-state index < -0.39 is 5.41 Å².